The van der Waals surface area contributed by atoms with Gasteiger partial charge in [0.25, 0.3) is 0 Å². The molecule has 0 atom stereocenters. The van der Waals surface area contributed by atoms with Gasteiger partial charge in [0, 0.05) is 15.4 Å². The first kappa shape index (κ1) is 23.6. The summed E-state index contributed by atoms with van der Waals surface area (Å²) < 4.78 is 32.9. The van der Waals surface area contributed by atoms with Crippen molar-refractivity contribution in [2.75, 3.05) is 6.61 Å². The van der Waals surface area contributed by atoms with Crippen molar-refractivity contribution in [1.82, 2.24) is 0 Å². The minimum absolute atomic E-state index is 0.529. The fraction of sp³-hybridized carbons (Fsp3) is 0.571. The lowest BCUT2D eigenvalue weighted by Gasteiger charge is -2.37. The molecule has 4 heteroatoms. The minimum Gasteiger partial charge on any atom is -0.378 e. The largest absolute Gasteiger partial charge is 0.378 e. The molecular formula is C28H38F2OSi. The van der Waals surface area contributed by atoms with E-state index in [1.807, 2.05) is 0 Å². The number of benzene rings is 2. The lowest BCUT2D eigenvalue weighted by atomic mass is 9.92. The first-order chi connectivity index (χ1) is 15.6. The van der Waals surface area contributed by atoms with Crippen LogP contribution in [0.15, 0.2) is 42.5 Å². The second kappa shape index (κ2) is 11.6. The predicted molar refractivity (Wildman–Crippen MR) is 132 cm³/mol. The van der Waals surface area contributed by atoms with Gasteiger partial charge >= 0.3 is 0 Å². The highest BCUT2D eigenvalue weighted by Crippen LogP contribution is 2.42. The molecule has 0 radical (unpaired) electrons. The van der Waals surface area contributed by atoms with E-state index in [9.17, 15) is 8.78 Å². The summed E-state index contributed by atoms with van der Waals surface area (Å²) in [6.07, 6.45) is 12.3. The van der Waals surface area contributed by atoms with Crippen LogP contribution in [0.2, 0.25) is 17.6 Å². The van der Waals surface area contributed by atoms with Gasteiger partial charge in [-0.1, -0.05) is 75.0 Å². The molecule has 2 fully saturated rings. The molecule has 0 amide bonds. The molecule has 0 spiro atoms. The van der Waals surface area contributed by atoms with E-state index >= 15 is 0 Å². The molecule has 1 aliphatic heterocycles. The van der Waals surface area contributed by atoms with E-state index in [2.05, 4.69) is 31.2 Å². The normalized spacial score (nSPS) is 26.2. The fourth-order valence-electron chi connectivity index (χ4n) is 5.88. The Balaban J connectivity index is 1.23. The van der Waals surface area contributed by atoms with Gasteiger partial charge in [-0.15, -0.1) is 0 Å². The van der Waals surface area contributed by atoms with Crippen LogP contribution >= 0.6 is 0 Å². The second-order valence-electron chi connectivity index (χ2n) is 9.98. The monoisotopic (exact) mass is 456 g/mol. The third-order valence-corrected chi connectivity index (χ3v) is 12.0. The maximum absolute atomic E-state index is 13.6. The third kappa shape index (κ3) is 6.08. The summed E-state index contributed by atoms with van der Waals surface area (Å²) in [6.45, 7) is 3.20. The van der Waals surface area contributed by atoms with Gasteiger partial charge in [0.15, 0.2) is 11.6 Å². The highest BCUT2D eigenvalue weighted by atomic mass is 28.3. The molecule has 32 heavy (non-hydrogen) atoms. The summed E-state index contributed by atoms with van der Waals surface area (Å²) in [5, 5.41) is 0. The van der Waals surface area contributed by atoms with Crippen molar-refractivity contribution in [3.05, 3.63) is 59.7 Å². The van der Waals surface area contributed by atoms with Crippen LogP contribution in [0.4, 0.5) is 8.78 Å². The maximum atomic E-state index is 13.6. The van der Waals surface area contributed by atoms with Crippen LogP contribution in [-0.4, -0.2) is 21.5 Å². The van der Waals surface area contributed by atoms with Crippen molar-refractivity contribution < 1.29 is 13.5 Å². The van der Waals surface area contributed by atoms with Crippen LogP contribution in [0.3, 0.4) is 0 Å². The molecule has 0 N–H and O–H groups in total. The van der Waals surface area contributed by atoms with Gasteiger partial charge in [0.05, 0.1) is 6.10 Å². The Bertz CT molecular complexity index is 837. The van der Waals surface area contributed by atoms with Crippen molar-refractivity contribution in [2.24, 2.45) is 0 Å². The Kier molecular flexibility index (Phi) is 8.53. The number of hydrogen-bond acceptors (Lipinski definition) is 1. The number of rotatable bonds is 8. The summed E-state index contributed by atoms with van der Waals surface area (Å²) in [6, 6.07) is 15.6. The first-order valence-corrected chi connectivity index (χ1v) is 15.1. The van der Waals surface area contributed by atoms with E-state index in [0.717, 1.165) is 23.3 Å². The van der Waals surface area contributed by atoms with E-state index in [1.54, 1.807) is 6.07 Å². The van der Waals surface area contributed by atoms with Gasteiger partial charge in [-0.05, 0) is 72.4 Å². The Labute approximate surface area is 194 Å². The molecular weight excluding hydrogens is 418 g/mol. The molecule has 1 aliphatic carbocycles. The Morgan fingerprint density at radius 3 is 2.16 bits per heavy atom. The van der Waals surface area contributed by atoms with E-state index < -0.39 is 20.4 Å². The Morgan fingerprint density at radius 2 is 1.50 bits per heavy atom. The molecule has 2 aliphatic rings. The lowest BCUT2D eigenvalue weighted by Crippen LogP contribution is -2.31. The molecule has 2 aromatic carbocycles. The molecule has 1 saturated carbocycles. The topological polar surface area (TPSA) is 9.23 Å². The maximum Gasteiger partial charge on any atom is 0.159 e. The summed E-state index contributed by atoms with van der Waals surface area (Å²) in [5.41, 5.74) is 4.12. The number of hydrogen-bond donors (Lipinski definition) is 0. The smallest absolute Gasteiger partial charge is 0.159 e. The summed E-state index contributed by atoms with van der Waals surface area (Å²) in [4.78, 5) is 0. The van der Waals surface area contributed by atoms with Gasteiger partial charge in [-0.2, -0.15) is 0 Å². The van der Waals surface area contributed by atoms with Crippen LogP contribution in [0.1, 0.15) is 76.2 Å². The third-order valence-electron chi connectivity index (χ3n) is 7.89. The highest BCUT2D eigenvalue weighted by Gasteiger charge is 2.32. The molecule has 1 nitrogen and oxygen atoms in total. The van der Waals surface area contributed by atoms with Gasteiger partial charge in [0.2, 0.25) is 0 Å². The molecule has 0 bridgehead atoms. The highest BCUT2D eigenvalue weighted by molar-refractivity contribution is 6.60. The number of ether oxygens (including phenoxy) is 1. The van der Waals surface area contributed by atoms with Crippen LogP contribution in [-0.2, 0) is 4.74 Å². The second-order valence-corrected chi connectivity index (χ2v) is 13.6. The average molecular weight is 457 g/mol. The molecule has 0 aromatic heterocycles. The van der Waals surface area contributed by atoms with Crippen LogP contribution < -0.4 is 0 Å². The van der Waals surface area contributed by atoms with Crippen LogP contribution in [0, 0.1) is 11.6 Å². The Morgan fingerprint density at radius 1 is 0.812 bits per heavy atom. The van der Waals surface area contributed by atoms with E-state index in [0.29, 0.717) is 12.0 Å². The van der Waals surface area contributed by atoms with E-state index in [1.165, 1.54) is 87.6 Å². The molecule has 1 heterocycles. The van der Waals surface area contributed by atoms with Crippen molar-refractivity contribution in [3.8, 4) is 11.1 Å². The zero-order valence-electron chi connectivity index (χ0n) is 19.5. The predicted octanol–water partition coefficient (Wildman–Crippen LogP) is 8.26. The van der Waals surface area contributed by atoms with Gasteiger partial charge < -0.3 is 4.74 Å². The standard InChI is InChI=1S/C28H38F2OSi/c1-2-3-4-17-31-25-10-12-26(13-11-25)32-18-15-23(16-19-32)21-5-7-22(8-6-21)24-9-14-27(29)28(30)20-24/h5-9,14,20,23,25-26,32H,2-4,10-13,15-19H2,1H3. The Hall–Kier alpha value is -1.52. The molecule has 0 unspecified atom stereocenters. The SMILES string of the molecule is CCCCCOC1CCC([SiH]2CCC(c3ccc(-c4ccc(F)c(F)c4)cc3)CC2)CC1. The van der Waals surface area contributed by atoms with Gasteiger partial charge in [-0.25, -0.2) is 8.78 Å². The summed E-state index contributed by atoms with van der Waals surface area (Å²) in [5.74, 6) is -0.915. The number of unbranched alkanes of at least 4 members (excludes halogenated alkanes) is 2. The zero-order chi connectivity index (χ0) is 22.3. The summed E-state index contributed by atoms with van der Waals surface area (Å²) in [7, 11) is -0.637. The van der Waals surface area contributed by atoms with E-state index in [4.69, 9.17) is 4.74 Å². The minimum atomic E-state index is -0.792. The quantitative estimate of drug-likeness (QED) is 0.287. The average Bonchev–Trinajstić information content (AvgIpc) is 2.84. The van der Waals surface area contributed by atoms with Crippen molar-refractivity contribution in [1.29, 1.82) is 0 Å². The van der Waals surface area contributed by atoms with Gasteiger partial charge in [0.1, 0.15) is 0 Å². The summed E-state index contributed by atoms with van der Waals surface area (Å²) >= 11 is 0. The van der Waals surface area contributed by atoms with Crippen molar-refractivity contribution in [2.45, 2.75) is 94.4 Å². The molecule has 174 valence electrons. The molecule has 4 rings (SSSR count). The zero-order valence-corrected chi connectivity index (χ0v) is 20.7. The molecule has 1 saturated heterocycles. The molecule has 2 aromatic rings. The van der Waals surface area contributed by atoms with Gasteiger partial charge in [-0.3, -0.25) is 0 Å². The number of halogens is 2. The van der Waals surface area contributed by atoms with Crippen LogP contribution in [0.5, 0.6) is 0 Å². The van der Waals surface area contributed by atoms with E-state index in [-0.39, 0.29) is 0 Å². The van der Waals surface area contributed by atoms with Crippen LogP contribution in [0.25, 0.3) is 11.1 Å². The van der Waals surface area contributed by atoms with Crippen molar-refractivity contribution >= 4 is 8.80 Å². The fourth-order valence-corrected chi connectivity index (χ4v) is 10.1. The lowest BCUT2D eigenvalue weighted by molar-refractivity contribution is 0.0262. The van der Waals surface area contributed by atoms with Crippen molar-refractivity contribution in [3.63, 3.8) is 0 Å². The first-order valence-electron chi connectivity index (χ1n) is 12.8.